The molecule has 2 aromatic rings. The van der Waals surface area contributed by atoms with Crippen LogP contribution >= 0.6 is 15.9 Å². The normalized spacial score (nSPS) is 11.4. The molecule has 106 valence electrons. The van der Waals surface area contributed by atoms with Crippen LogP contribution in [0.5, 0.6) is 0 Å². The molecule has 2 rings (SSSR count). The molecular weight excluding hydrogens is 352 g/mol. The number of halogens is 3. The molecule has 0 saturated carbocycles. The van der Waals surface area contributed by atoms with Crippen LogP contribution in [0.25, 0.3) is 0 Å². The highest BCUT2D eigenvalue weighted by atomic mass is 79.9. The lowest BCUT2D eigenvalue weighted by atomic mass is 10.2. The molecule has 0 spiro atoms. The summed E-state index contributed by atoms with van der Waals surface area (Å²) in [6, 6.07) is 7.75. The third kappa shape index (κ3) is 2.83. The zero-order valence-corrected chi connectivity index (χ0v) is 12.7. The van der Waals surface area contributed by atoms with Gasteiger partial charge in [-0.1, -0.05) is 28.1 Å². The van der Waals surface area contributed by atoms with Gasteiger partial charge in [0.25, 0.3) is 10.0 Å². The topological polar surface area (TPSA) is 46.2 Å². The van der Waals surface area contributed by atoms with Crippen molar-refractivity contribution in [2.75, 3.05) is 4.72 Å². The maximum Gasteiger partial charge on any atom is 0.267 e. The molecule has 1 N–H and O–H groups in total. The second kappa shape index (κ2) is 5.49. The molecule has 0 atom stereocenters. The third-order valence-electron chi connectivity index (χ3n) is 2.70. The minimum absolute atomic E-state index is 0.252. The summed E-state index contributed by atoms with van der Waals surface area (Å²) in [5.74, 6) is -2.27. The zero-order chi connectivity index (χ0) is 14.9. The molecule has 0 fully saturated rings. The summed E-state index contributed by atoms with van der Waals surface area (Å²) in [6.07, 6.45) is 0. The maximum absolute atomic E-state index is 13.6. The van der Waals surface area contributed by atoms with Gasteiger partial charge < -0.3 is 0 Å². The SMILES string of the molecule is Cc1c(Br)cccc1NS(=O)(=O)c1c(F)cccc1F. The van der Waals surface area contributed by atoms with Gasteiger partial charge in [-0.3, -0.25) is 4.72 Å². The molecule has 0 amide bonds. The van der Waals surface area contributed by atoms with Crippen molar-refractivity contribution in [3.05, 3.63) is 58.1 Å². The van der Waals surface area contributed by atoms with Crippen LogP contribution in [0.15, 0.2) is 45.8 Å². The predicted molar refractivity (Wildman–Crippen MR) is 76.0 cm³/mol. The van der Waals surface area contributed by atoms with Gasteiger partial charge in [-0.25, -0.2) is 17.2 Å². The summed E-state index contributed by atoms with van der Waals surface area (Å²) in [4.78, 5) is -0.987. The number of benzene rings is 2. The smallest absolute Gasteiger partial charge is 0.267 e. The lowest BCUT2D eigenvalue weighted by Crippen LogP contribution is -2.17. The molecule has 0 heterocycles. The van der Waals surface area contributed by atoms with E-state index in [-0.39, 0.29) is 5.69 Å². The van der Waals surface area contributed by atoms with Crippen molar-refractivity contribution in [1.82, 2.24) is 0 Å². The van der Waals surface area contributed by atoms with Gasteiger partial charge in [0.2, 0.25) is 0 Å². The molecule has 3 nitrogen and oxygen atoms in total. The van der Waals surface area contributed by atoms with Crippen LogP contribution in [0.4, 0.5) is 14.5 Å². The van der Waals surface area contributed by atoms with Crippen LogP contribution in [-0.4, -0.2) is 8.42 Å². The predicted octanol–water partition coefficient (Wildman–Crippen LogP) is 3.84. The molecule has 2 aromatic carbocycles. The molecule has 0 unspecified atom stereocenters. The molecule has 0 aromatic heterocycles. The molecule has 20 heavy (non-hydrogen) atoms. The molecular formula is C13H10BrF2NO2S. The second-order valence-electron chi connectivity index (χ2n) is 4.07. The Morgan fingerprint density at radius 1 is 1.05 bits per heavy atom. The van der Waals surface area contributed by atoms with Crippen molar-refractivity contribution in [3.8, 4) is 0 Å². The monoisotopic (exact) mass is 361 g/mol. The van der Waals surface area contributed by atoms with Crippen LogP contribution in [0.1, 0.15) is 5.56 Å². The highest BCUT2D eigenvalue weighted by Crippen LogP contribution is 2.27. The van der Waals surface area contributed by atoms with Crippen LogP contribution in [-0.2, 0) is 10.0 Å². The minimum Gasteiger partial charge on any atom is -0.279 e. The summed E-state index contributed by atoms with van der Waals surface area (Å²) >= 11 is 3.26. The minimum atomic E-state index is -4.33. The van der Waals surface area contributed by atoms with Gasteiger partial charge in [0.15, 0.2) is 4.90 Å². The van der Waals surface area contributed by atoms with E-state index in [0.717, 1.165) is 18.2 Å². The number of sulfonamides is 1. The second-order valence-corrected chi connectivity index (χ2v) is 6.54. The van der Waals surface area contributed by atoms with Gasteiger partial charge in [-0.2, -0.15) is 0 Å². The Balaban J connectivity index is 2.50. The van der Waals surface area contributed by atoms with Gasteiger partial charge in [-0.05, 0) is 36.8 Å². The standard InChI is InChI=1S/C13H10BrF2NO2S/c1-8-9(14)4-2-7-12(8)17-20(18,19)13-10(15)5-3-6-11(13)16/h2-7,17H,1H3. The van der Waals surface area contributed by atoms with E-state index in [1.54, 1.807) is 19.1 Å². The first-order valence-electron chi connectivity index (χ1n) is 5.55. The first-order valence-corrected chi connectivity index (χ1v) is 7.82. The van der Waals surface area contributed by atoms with E-state index in [4.69, 9.17) is 0 Å². The van der Waals surface area contributed by atoms with Gasteiger partial charge in [0, 0.05) is 4.47 Å². The van der Waals surface area contributed by atoms with Crippen LogP contribution in [0.3, 0.4) is 0 Å². The first kappa shape index (κ1) is 14.9. The van der Waals surface area contributed by atoms with E-state index >= 15 is 0 Å². The Morgan fingerprint density at radius 3 is 2.20 bits per heavy atom. The van der Waals surface area contributed by atoms with E-state index in [1.165, 1.54) is 6.07 Å². The molecule has 0 aliphatic carbocycles. The Hall–Kier alpha value is -1.47. The maximum atomic E-state index is 13.6. The number of nitrogens with one attached hydrogen (secondary N) is 1. The van der Waals surface area contributed by atoms with Crippen molar-refractivity contribution in [1.29, 1.82) is 0 Å². The Morgan fingerprint density at radius 2 is 1.60 bits per heavy atom. The van der Waals surface area contributed by atoms with Crippen molar-refractivity contribution in [2.45, 2.75) is 11.8 Å². The fourth-order valence-electron chi connectivity index (χ4n) is 1.65. The van der Waals surface area contributed by atoms with Crippen LogP contribution in [0, 0.1) is 18.6 Å². The molecule has 0 saturated heterocycles. The van der Waals surface area contributed by atoms with E-state index in [1.807, 2.05) is 0 Å². The lowest BCUT2D eigenvalue weighted by Gasteiger charge is -2.12. The van der Waals surface area contributed by atoms with Gasteiger partial charge in [-0.15, -0.1) is 0 Å². The molecule has 0 aliphatic heterocycles. The summed E-state index contributed by atoms with van der Waals surface area (Å²) < 4.78 is 54.2. The summed E-state index contributed by atoms with van der Waals surface area (Å²) in [7, 11) is -4.33. The fraction of sp³-hybridized carbons (Fsp3) is 0.0769. The first-order chi connectivity index (χ1) is 9.33. The highest BCUT2D eigenvalue weighted by molar-refractivity contribution is 9.10. The van der Waals surface area contributed by atoms with Crippen molar-refractivity contribution < 1.29 is 17.2 Å². The summed E-state index contributed by atoms with van der Waals surface area (Å²) in [5.41, 5.74) is 0.870. The number of anilines is 1. The Kier molecular flexibility index (Phi) is 4.10. The lowest BCUT2D eigenvalue weighted by molar-refractivity contribution is 0.521. The average Bonchev–Trinajstić information content (AvgIpc) is 2.34. The molecule has 0 bridgehead atoms. The quantitative estimate of drug-likeness (QED) is 0.902. The average molecular weight is 362 g/mol. The molecule has 0 aliphatic rings. The van der Waals surface area contributed by atoms with Gasteiger partial charge in [0.1, 0.15) is 11.6 Å². The van der Waals surface area contributed by atoms with Crippen molar-refractivity contribution in [3.63, 3.8) is 0 Å². The molecule has 0 radical (unpaired) electrons. The zero-order valence-electron chi connectivity index (χ0n) is 10.3. The Labute approximate surface area is 123 Å². The van der Waals surface area contributed by atoms with Crippen LogP contribution in [0.2, 0.25) is 0 Å². The van der Waals surface area contributed by atoms with Gasteiger partial charge in [0.05, 0.1) is 5.69 Å². The highest BCUT2D eigenvalue weighted by Gasteiger charge is 2.24. The summed E-state index contributed by atoms with van der Waals surface area (Å²) in [6.45, 7) is 1.68. The number of hydrogen-bond acceptors (Lipinski definition) is 2. The molecule has 7 heteroatoms. The van der Waals surface area contributed by atoms with E-state index in [0.29, 0.717) is 10.0 Å². The van der Waals surface area contributed by atoms with E-state index in [2.05, 4.69) is 20.7 Å². The largest absolute Gasteiger partial charge is 0.279 e. The summed E-state index contributed by atoms with van der Waals surface area (Å²) in [5, 5.41) is 0. The van der Waals surface area contributed by atoms with Gasteiger partial charge >= 0.3 is 0 Å². The fourth-order valence-corrected chi connectivity index (χ4v) is 3.28. The number of rotatable bonds is 3. The third-order valence-corrected chi connectivity index (χ3v) is 4.97. The number of hydrogen-bond donors (Lipinski definition) is 1. The van der Waals surface area contributed by atoms with Crippen molar-refractivity contribution >= 4 is 31.6 Å². The van der Waals surface area contributed by atoms with E-state index < -0.39 is 26.6 Å². The van der Waals surface area contributed by atoms with Crippen LogP contribution < -0.4 is 4.72 Å². The Bertz CT molecular complexity index is 743. The van der Waals surface area contributed by atoms with E-state index in [9.17, 15) is 17.2 Å². The van der Waals surface area contributed by atoms with Crippen molar-refractivity contribution in [2.24, 2.45) is 0 Å².